The van der Waals surface area contributed by atoms with Crippen molar-refractivity contribution in [2.24, 2.45) is 0 Å². The molecule has 2 N–H and O–H groups in total. The summed E-state index contributed by atoms with van der Waals surface area (Å²) < 4.78 is 4.93. The van der Waals surface area contributed by atoms with Crippen LogP contribution in [0.5, 0.6) is 0 Å². The average Bonchev–Trinajstić information content (AvgIpc) is 2.83. The van der Waals surface area contributed by atoms with Crippen molar-refractivity contribution < 1.29 is 14.3 Å². The molecular formula is C9H9N3O3S. The zero-order valence-electron chi connectivity index (χ0n) is 8.43. The van der Waals surface area contributed by atoms with Crippen molar-refractivity contribution >= 4 is 23.3 Å². The Labute approximate surface area is 95.0 Å². The first kappa shape index (κ1) is 10.6. The quantitative estimate of drug-likeness (QED) is 0.845. The third-order valence-corrected chi connectivity index (χ3v) is 2.63. The highest BCUT2D eigenvalue weighted by Gasteiger charge is 2.10. The van der Waals surface area contributed by atoms with Gasteiger partial charge in [-0.3, -0.25) is 0 Å². The zero-order valence-corrected chi connectivity index (χ0v) is 9.24. The van der Waals surface area contributed by atoms with Gasteiger partial charge in [0.05, 0.1) is 17.2 Å². The molecule has 0 aliphatic heterocycles. The number of hydrogen-bond donors (Lipinski definition) is 2. The van der Waals surface area contributed by atoms with Crippen molar-refractivity contribution in [3.63, 3.8) is 0 Å². The highest BCUT2D eigenvalue weighted by molar-refractivity contribution is 7.09. The number of nitrogens with one attached hydrogen (secondary N) is 1. The van der Waals surface area contributed by atoms with Crippen LogP contribution in [0.3, 0.4) is 0 Å². The van der Waals surface area contributed by atoms with Crippen LogP contribution in [0, 0.1) is 6.92 Å². The van der Waals surface area contributed by atoms with E-state index in [1.165, 1.54) is 0 Å². The van der Waals surface area contributed by atoms with E-state index in [1.807, 2.05) is 12.3 Å². The molecule has 0 aliphatic carbocycles. The van der Waals surface area contributed by atoms with Gasteiger partial charge in [0.15, 0.2) is 5.69 Å². The maximum absolute atomic E-state index is 10.5. The Morgan fingerprint density at radius 2 is 2.44 bits per heavy atom. The summed E-state index contributed by atoms with van der Waals surface area (Å²) in [4.78, 5) is 18.5. The summed E-state index contributed by atoms with van der Waals surface area (Å²) in [5.74, 6) is -1.11. The number of aryl methyl sites for hydroxylation is 1. The molecule has 0 amide bonds. The summed E-state index contributed by atoms with van der Waals surface area (Å²) in [5.41, 5.74) is 0.759. The molecule has 16 heavy (non-hydrogen) atoms. The fraction of sp³-hybridized carbons (Fsp3) is 0.222. The van der Waals surface area contributed by atoms with Gasteiger partial charge in [0.1, 0.15) is 6.26 Å². The Kier molecular flexibility index (Phi) is 2.86. The van der Waals surface area contributed by atoms with Crippen LogP contribution >= 0.6 is 11.3 Å². The molecule has 6 nitrogen and oxygen atoms in total. The van der Waals surface area contributed by atoms with Crippen molar-refractivity contribution in [3.05, 3.63) is 28.0 Å². The molecule has 2 rings (SSSR count). The smallest absolute Gasteiger partial charge is 0.357 e. The fourth-order valence-corrected chi connectivity index (χ4v) is 1.72. The minimum atomic E-state index is -1.11. The monoisotopic (exact) mass is 239 g/mol. The van der Waals surface area contributed by atoms with E-state index >= 15 is 0 Å². The lowest BCUT2D eigenvalue weighted by Crippen LogP contribution is -2.01. The summed E-state index contributed by atoms with van der Waals surface area (Å²) in [6.07, 6.45) is 1.09. The van der Waals surface area contributed by atoms with Crippen LogP contribution in [0.2, 0.25) is 0 Å². The average molecular weight is 239 g/mol. The first-order chi connectivity index (χ1) is 7.65. The highest BCUT2D eigenvalue weighted by Crippen LogP contribution is 2.11. The number of hydrogen-bond acceptors (Lipinski definition) is 6. The normalized spacial score (nSPS) is 10.3. The molecule has 0 unspecified atom stereocenters. The molecule has 0 radical (unpaired) electrons. The minimum absolute atomic E-state index is 0.114. The predicted octanol–water partition coefficient (Wildman–Crippen LogP) is 1.75. The number of aromatic carboxylic acids is 1. The number of oxazole rings is 1. The number of carbonyl (C=O) groups is 1. The van der Waals surface area contributed by atoms with Crippen molar-refractivity contribution in [2.75, 3.05) is 5.32 Å². The molecule has 0 saturated carbocycles. The molecule has 0 saturated heterocycles. The molecule has 7 heteroatoms. The molecule has 0 atom stereocenters. The van der Waals surface area contributed by atoms with Crippen LogP contribution in [0.1, 0.15) is 21.2 Å². The molecule has 2 heterocycles. The van der Waals surface area contributed by atoms with Gasteiger partial charge in [-0.1, -0.05) is 0 Å². The molecule has 0 aromatic carbocycles. The van der Waals surface area contributed by atoms with Crippen molar-refractivity contribution in [1.82, 2.24) is 9.97 Å². The fourth-order valence-electron chi connectivity index (χ4n) is 1.11. The number of aromatic nitrogens is 2. The van der Waals surface area contributed by atoms with Gasteiger partial charge in [-0.05, 0) is 6.92 Å². The third kappa shape index (κ3) is 2.37. The summed E-state index contributed by atoms with van der Waals surface area (Å²) >= 11 is 1.55. The molecule has 0 bridgehead atoms. The second kappa shape index (κ2) is 4.31. The van der Waals surface area contributed by atoms with Gasteiger partial charge in [-0.15, -0.1) is 11.3 Å². The first-order valence-electron chi connectivity index (χ1n) is 4.49. The Morgan fingerprint density at radius 1 is 1.62 bits per heavy atom. The molecular weight excluding hydrogens is 230 g/mol. The third-order valence-electron chi connectivity index (χ3n) is 1.81. The van der Waals surface area contributed by atoms with Crippen molar-refractivity contribution in [1.29, 1.82) is 0 Å². The van der Waals surface area contributed by atoms with Crippen LogP contribution < -0.4 is 5.32 Å². The number of carboxylic acid groups (broad SMARTS) is 1. The lowest BCUT2D eigenvalue weighted by Gasteiger charge is -1.96. The number of thiazole rings is 1. The topological polar surface area (TPSA) is 88.2 Å². The van der Waals surface area contributed by atoms with Crippen LogP contribution in [0.4, 0.5) is 6.01 Å². The summed E-state index contributed by atoms with van der Waals surface area (Å²) in [6, 6.07) is 0.183. The molecule has 0 aliphatic rings. The number of carboxylic acids is 1. The molecule has 0 spiro atoms. The number of rotatable bonds is 4. The SMILES string of the molecule is Cc1nc(CNc2nc(C(=O)O)co2)cs1. The maximum Gasteiger partial charge on any atom is 0.357 e. The molecule has 84 valence electrons. The molecule has 2 aromatic rings. The van der Waals surface area contributed by atoms with Crippen LogP contribution in [-0.4, -0.2) is 21.0 Å². The summed E-state index contributed by atoms with van der Waals surface area (Å²) in [5, 5.41) is 14.4. The second-order valence-electron chi connectivity index (χ2n) is 3.05. The lowest BCUT2D eigenvalue weighted by atomic mass is 10.5. The number of nitrogens with zero attached hydrogens (tertiary/aromatic N) is 2. The Balaban J connectivity index is 1.97. The Bertz CT molecular complexity index is 506. The largest absolute Gasteiger partial charge is 0.476 e. The van der Waals surface area contributed by atoms with Gasteiger partial charge >= 0.3 is 5.97 Å². The van der Waals surface area contributed by atoms with E-state index in [-0.39, 0.29) is 11.7 Å². The van der Waals surface area contributed by atoms with Crippen LogP contribution in [0.25, 0.3) is 0 Å². The lowest BCUT2D eigenvalue weighted by molar-refractivity contribution is 0.0690. The Morgan fingerprint density at radius 3 is 3.00 bits per heavy atom. The van der Waals surface area contributed by atoms with E-state index in [2.05, 4.69) is 15.3 Å². The highest BCUT2D eigenvalue weighted by atomic mass is 32.1. The van der Waals surface area contributed by atoms with Gasteiger partial charge < -0.3 is 14.8 Å². The molecule has 2 aromatic heterocycles. The van der Waals surface area contributed by atoms with E-state index in [4.69, 9.17) is 9.52 Å². The summed E-state index contributed by atoms with van der Waals surface area (Å²) in [6.45, 7) is 2.38. The van der Waals surface area contributed by atoms with Crippen LogP contribution in [-0.2, 0) is 6.54 Å². The van der Waals surface area contributed by atoms with E-state index in [9.17, 15) is 4.79 Å². The minimum Gasteiger partial charge on any atom is -0.476 e. The maximum atomic E-state index is 10.5. The van der Waals surface area contributed by atoms with Gasteiger partial charge in [-0.2, -0.15) is 4.98 Å². The number of anilines is 1. The second-order valence-corrected chi connectivity index (χ2v) is 4.12. The van der Waals surface area contributed by atoms with E-state index in [1.54, 1.807) is 11.3 Å². The van der Waals surface area contributed by atoms with E-state index in [0.717, 1.165) is 17.0 Å². The first-order valence-corrected chi connectivity index (χ1v) is 5.37. The van der Waals surface area contributed by atoms with E-state index in [0.29, 0.717) is 6.54 Å². The van der Waals surface area contributed by atoms with Crippen molar-refractivity contribution in [3.8, 4) is 0 Å². The van der Waals surface area contributed by atoms with E-state index < -0.39 is 5.97 Å². The van der Waals surface area contributed by atoms with Crippen LogP contribution in [0.15, 0.2) is 16.1 Å². The summed E-state index contributed by atoms with van der Waals surface area (Å²) in [7, 11) is 0. The Hall–Kier alpha value is -1.89. The van der Waals surface area contributed by atoms with Gasteiger partial charge in [-0.25, -0.2) is 9.78 Å². The van der Waals surface area contributed by atoms with Gasteiger partial charge in [0.2, 0.25) is 0 Å². The van der Waals surface area contributed by atoms with Gasteiger partial charge in [0, 0.05) is 5.38 Å². The standard InChI is InChI=1S/C9H9N3O3S/c1-5-11-6(4-16-5)2-10-9-12-7(3-15-9)8(13)14/h3-4H,2H2,1H3,(H,10,12)(H,13,14). The zero-order chi connectivity index (χ0) is 11.5. The van der Waals surface area contributed by atoms with Crippen molar-refractivity contribution in [2.45, 2.75) is 13.5 Å². The molecule has 0 fully saturated rings. The van der Waals surface area contributed by atoms with Gasteiger partial charge in [0.25, 0.3) is 6.01 Å². The predicted molar refractivity (Wildman–Crippen MR) is 57.6 cm³/mol.